The smallest absolute Gasteiger partial charge is 0.209 e. The van der Waals surface area contributed by atoms with Gasteiger partial charge in [0, 0.05) is 6.42 Å². The first-order chi connectivity index (χ1) is 8.76. The fraction of sp³-hybridized carbons (Fsp3) is 0.875. The Morgan fingerprint density at radius 1 is 0.889 bits per heavy atom. The molecule has 105 valence electrons. The summed E-state index contributed by atoms with van der Waals surface area (Å²) < 4.78 is 0. The number of carbonyl (C=O) groups is 1. The minimum Gasteiger partial charge on any atom is -0.299 e. The van der Waals surface area contributed by atoms with Crippen LogP contribution in [0.4, 0.5) is 0 Å². The van der Waals surface area contributed by atoms with Crippen molar-refractivity contribution >= 4 is 12.1 Å². The number of Topliss-reactive ketones (excluding diaryl/α,β-unsaturated/α-hetero) is 1. The van der Waals surface area contributed by atoms with E-state index in [-0.39, 0.29) is 5.78 Å². The second-order valence-corrected chi connectivity index (χ2v) is 5.15. The van der Waals surface area contributed by atoms with Crippen LogP contribution in [0.3, 0.4) is 0 Å². The maximum Gasteiger partial charge on any atom is 0.209 e. The quantitative estimate of drug-likeness (QED) is 0.355. The lowest BCUT2D eigenvalue weighted by atomic mass is 9.94. The number of hydrogen-bond acceptors (Lipinski definition) is 2. The molecule has 0 aliphatic carbocycles. The first kappa shape index (κ1) is 17.3. The van der Waals surface area contributed by atoms with E-state index in [9.17, 15) is 9.59 Å². The molecule has 0 aromatic heterocycles. The molecule has 2 heteroatoms. The number of rotatable bonds is 13. The molecule has 1 radical (unpaired) electrons. The fourth-order valence-corrected chi connectivity index (χ4v) is 2.14. The molecule has 0 saturated heterocycles. The van der Waals surface area contributed by atoms with E-state index in [0.29, 0.717) is 12.8 Å². The lowest BCUT2D eigenvalue weighted by Gasteiger charge is -2.08. The van der Waals surface area contributed by atoms with Gasteiger partial charge in [0.15, 0.2) is 0 Å². The van der Waals surface area contributed by atoms with Gasteiger partial charge in [-0.2, -0.15) is 0 Å². The van der Waals surface area contributed by atoms with Gasteiger partial charge in [0.2, 0.25) is 6.29 Å². The third-order valence-electron chi connectivity index (χ3n) is 3.40. The van der Waals surface area contributed by atoms with E-state index in [2.05, 4.69) is 13.8 Å². The van der Waals surface area contributed by atoms with Crippen LogP contribution in [0.2, 0.25) is 0 Å². The molecule has 0 aromatic rings. The van der Waals surface area contributed by atoms with E-state index in [1.54, 1.807) is 0 Å². The van der Waals surface area contributed by atoms with E-state index in [1.807, 2.05) is 6.29 Å². The molecule has 1 unspecified atom stereocenters. The topological polar surface area (TPSA) is 34.1 Å². The molecule has 0 heterocycles. The predicted octanol–water partition coefficient (Wildman–Crippen LogP) is 4.61. The summed E-state index contributed by atoms with van der Waals surface area (Å²) in [5.41, 5.74) is 0. The third-order valence-corrected chi connectivity index (χ3v) is 3.40. The Hall–Kier alpha value is -0.660. The van der Waals surface area contributed by atoms with E-state index < -0.39 is 5.92 Å². The van der Waals surface area contributed by atoms with Gasteiger partial charge in [-0.3, -0.25) is 9.59 Å². The summed E-state index contributed by atoms with van der Waals surface area (Å²) in [7, 11) is 0. The molecular weight excluding hydrogens is 224 g/mol. The van der Waals surface area contributed by atoms with Crippen LogP contribution in [0.25, 0.3) is 0 Å². The first-order valence-electron chi connectivity index (χ1n) is 7.66. The van der Waals surface area contributed by atoms with Crippen LogP contribution in [-0.4, -0.2) is 12.1 Å². The summed E-state index contributed by atoms with van der Waals surface area (Å²) in [5, 5.41) is 0. The third kappa shape index (κ3) is 9.38. The Bertz CT molecular complexity index is 211. The van der Waals surface area contributed by atoms with Crippen molar-refractivity contribution in [3.63, 3.8) is 0 Å². The zero-order valence-corrected chi connectivity index (χ0v) is 12.2. The Balaban J connectivity index is 3.65. The number of hydrogen-bond donors (Lipinski definition) is 0. The Morgan fingerprint density at radius 3 is 2.00 bits per heavy atom. The van der Waals surface area contributed by atoms with Gasteiger partial charge < -0.3 is 0 Å². The Kier molecular flexibility index (Phi) is 12.3. The van der Waals surface area contributed by atoms with Gasteiger partial charge in [-0.25, -0.2) is 0 Å². The molecule has 2 nitrogen and oxygen atoms in total. The maximum absolute atomic E-state index is 11.8. The van der Waals surface area contributed by atoms with Crippen molar-refractivity contribution in [1.82, 2.24) is 0 Å². The zero-order valence-electron chi connectivity index (χ0n) is 12.2. The monoisotopic (exact) mass is 253 g/mol. The van der Waals surface area contributed by atoms with Crippen LogP contribution in [0.1, 0.15) is 84.5 Å². The molecule has 0 aromatic carbocycles. The first-order valence-corrected chi connectivity index (χ1v) is 7.66. The van der Waals surface area contributed by atoms with Crippen molar-refractivity contribution in [2.45, 2.75) is 84.5 Å². The molecule has 0 bridgehead atoms. The minimum absolute atomic E-state index is 0.109. The molecule has 0 saturated carbocycles. The van der Waals surface area contributed by atoms with Crippen molar-refractivity contribution in [2.24, 2.45) is 5.92 Å². The maximum atomic E-state index is 11.8. The molecule has 0 aliphatic heterocycles. The normalized spacial score (nSPS) is 12.3. The van der Waals surface area contributed by atoms with Crippen LogP contribution in [0, 0.1) is 5.92 Å². The average Bonchev–Trinajstić information content (AvgIpc) is 2.38. The van der Waals surface area contributed by atoms with E-state index in [0.717, 1.165) is 25.7 Å². The van der Waals surface area contributed by atoms with Gasteiger partial charge in [-0.05, 0) is 12.8 Å². The van der Waals surface area contributed by atoms with Crippen molar-refractivity contribution in [2.75, 3.05) is 0 Å². The molecule has 0 N–H and O–H groups in total. The van der Waals surface area contributed by atoms with Crippen molar-refractivity contribution in [1.29, 1.82) is 0 Å². The molecular formula is C16H29O2. The zero-order chi connectivity index (χ0) is 13.6. The predicted molar refractivity (Wildman–Crippen MR) is 76.3 cm³/mol. The summed E-state index contributed by atoms with van der Waals surface area (Å²) in [6, 6.07) is 0. The van der Waals surface area contributed by atoms with Crippen molar-refractivity contribution in [3.8, 4) is 0 Å². The summed E-state index contributed by atoms with van der Waals surface area (Å²) in [6.07, 6.45) is 13.4. The summed E-state index contributed by atoms with van der Waals surface area (Å²) >= 11 is 0. The number of ketones is 1. The summed E-state index contributed by atoms with van der Waals surface area (Å²) in [4.78, 5) is 22.6. The van der Waals surface area contributed by atoms with Crippen LogP contribution < -0.4 is 0 Å². The second-order valence-electron chi connectivity index (χ2n) is 5.15. The van der Waals surface area contributed by atoms with Crippen LogP contribution in [0.15, 0.2) is 0 Å². The largest absolute Gasteiger partial charge is 0.299 e. The highest BCUT2D eigenvalue weighted by Gasteiger charge is 2.17. The minimum atomic E-state index is -0.451. The lowest BCUT2D eigenvalue weighted by Crippen LogP contribution is -2.15. The van der Waals surface area contributed by atoms with Gasteiger partial charge in [-0.15, -0.1) is 0 Å². The van der Waals surface area contributed by atoms with Gasteiger partial charge in [0.05, 0.1) is 5.92 Å². The van der Waals surface area contributed by atoms with Crippen LogP contribution in [0.5, 0.6) is 0 Å². The highest BCUT2D eigenvalue weighted by atomic mass is 16.1. The molecule has 0 amide bonds. The van der Waals surface area contributed by atoms with Gasteiger partial charge in [0.25, 0.3) is 0 Å². The van der Waals surface area contributed by atoms with E-state index >= 15 is 0 Å². The molecule has 0 fully saturated rings. The fourth-order valence-electron chi connectivity index (χ4n) is 2.14. The Morgan fingerprint density at radius 2 is 1.44 bits per heavy atom. The molecule has 0 rings (SSSR count). The summed E-state index contributed by atoms with van der Waals surface area (Å²) in [6.45, 7) is 4.34. The Labute approximate surface area is 113 Å². The lowest BCUT2D eigenvalue weighted by molar-refractivity contribution is -0.121. The van der Waals surface area contributed by atoms with Gasteiger partial charge >= 0.3 is 0 Å². The van der Waals surface area contributed by atoms with E-state index in [4.69, 9.17) is 0 Å². The molecule has 1 atom stereocenters. The highest BCUT2D eigenvalue weighted by Crippen LogP contribution is 2.14. The van der Waals surface area contributed by atoms with Gasteiger partial charge in [0.1, 0.15) is 5.78 Å². The van der Waals surface area contributed by atoms with E-state index in [1.165, 1.54) is 32.1 Å². The van der Waals surface area contributed by atoms with Crippen LogP contribution in [-0.2, 0) is 9.59 Å². The summed E-state index contributed by atoms with van der Waals surface area (Å²) in [5.74, 6) is -0.342. The standard InChI is InChI=1S/C16H29O2/c1-3-5-7-9-11-13-16(18)15(14-17)12-10-8-6-4-2/h15H,3-13H2,1-2H3. The van der Waals surface area contributed by atoms with Gasteiger partial charge in [-0.1, -0.05) is 65.2 Å². The SMILES string of the molecule is CCCCCCCC(=O)C([C]=O)CCCCCC. The number of unbranched alkanes of at least 4 members (excludes halogenated alkanes) is 7. The molecule has 0 spiro atoms. The molecule has 0 aliphatic rings. The highest BCUT2D eigenvalue weighted by molar-refractivity contribution is 5.93. The van der Waals surface area contributed by atoms with Crippen molar-refractivity contribution < 1.29 is 9.59 Å². The number of carbonyl (C=O) groups excluding carboxylic acids is 2. The van der Waals surface area contributed by atoms with Crippen molar-refractivity contribution in [3.05, 3.63) is 0 Å². The second kappa shape index (κ2) is 12.8. The molecule has 18 heavy (non-hydrogen) atoms. The van der Waals surface area contributed by atoms with Crippen LogP contribution >= 0.6 is 0 Å². The average molecular weight is 253 g/mol.